The summed E-state index contributed by atoms with van der Waals surface area (Å²) >= 11 is 1.69. The molecule has 4 rings (SSSR count). The van der Waals surface area contributed by atoms with Crippen LogP contribution in [-0.2, 0) is 4.79 Å². The molecule has 2 aromatic heterocycles. The number of rotatable bonds is 6. The highest BCUT2D eigenvalue weighted by molar-refractivity contribution is 7.19. The number of piperidine rings is 1. The second-order valence-corrected chi connectivity index (χ2v) is 9.72. The van der Waals surface area contributed by atoms with E-state index in [9.17, 15) is 4.79 Å². The number of hydrogen-bond donors (Lipinski definition) is 1. The topological polar surface area (TPSA) is 61.4 Å². The number of carbonyl (C=O) groups excluding carboxylic acids is 1. The molecule has 1 saturated heterocycles. The van der Waals surface area contributed by atoms with Gasteiger partial charge in [-0.1, -0.05) is 29.8 Å². The Morgan fingerprint density at radius 2 is 1.90 bits per heavy atom. The van der Waals surface area contributed by atoms with Crippen molar-refractivity contribution in [3.63, 3.8) is 0 Å². The summed E-state index contributed by atoms with van der Waals surface area (Å²) in [6.45, 7) is 6.89. The second kappa shape index (κ2) is 9.32. The maximum atomic E-state index is 12.7. The van der Waals surface area contributed by atoms with E-state index >= 15 is 0 Å². The number of aromatic nitrogens is 2. The number of amides is 1. The first-order valence-corrected chi connectivity index (χ1v) is 11.7. The molecule has 164 valence electrons. The predicted octanol–water partition coefficient (Wildman–Crippen LogP) is 4.33. The van der Waals surface area contributed by atoms with E-state index in [4.69, 9.17) is 0 Å². The molecule has 0 saturated carbocycles. The van der Waals surface area contributed by atoms with E-state index in [0.29, 0.717) is 19.0 Å². The molecule has 1 aliphatic rings. The van der Waals surface area contributed by atoms with E-state index in [0.717, 1.165) is 42.0 Å². The van der Waals surface area contributed by atoms with Crippen LogP contribution < -0.4 is 5.32 Å². The highest BCUT2D eigenvalue weighted by Gasteiger charge is 2.24. The molecule has 1 aliphatic heterocycles. The average Bonchev–Trinajstić information content (AvgIpc) is 3.11. The van der Waals surface area contributed by atoms with Crippen LogP contribution in [0.15, 0.2) is 30.6 Å². The Hall–Kier alpha value is -2.51. The lowest BCUT2D eigenvalue weighted by molar-refractivity contribution is -0.132. The van der Waals surface area contributed by atoms with Crippen LogP contribution in [0, 0.1) is 13.8 Å². The van der Waals surface area contributed by atoms with Gasteiger partial charge in [-0.2, -0.15) is 0 Å². The average molecular weight is 438 g/mol. The lowest BCUT2D eigenvalue weighted by Crippen LogP contribution is -2.44. The van der Waals surface area contributed by atoms with E-state index in [1.165, 1.54) is 21.6 Å². The molecule has 3 aromatic rings. The smallest absolute Gasteiger partial charge is 0.224 e. The van der Waals surface area contributed by atoms with Crippen molar-refractivity contribution in [3.8, 4) is 11.1 Å². The molecule has 0 unspecified atom stereocenters. The van der Waals surface area contributed by atoms with Crippen molar-refractivity contribution in [1.29, 1.82) is 0 Å². The van der Waals surface area contributed by atoms with Crippen molar-refractivity contribution in [1.82, 2.24) is 19.8 Å². The third kappa shape index (κ3) is 4.72. The maximum absolute atomic E-state index is 12.7. The number of fused-ring (bicyclic) bond motifs is 1. The molecule has 7 heteroatoms. The summed E-state index contributed by atoms with van der Waals surface area (Å²) in [7, 11) is 4.08. The summed E-state index contributed by atoms with van der Waals surface area (Å²) in [5.41, 5.74) is 3.59. The Morgan fingerprint density at radius 1 is 1.19 bits per heavy atom. The summed E-state index contributed by atoms with van der Waals surface area (Å²) in [6.07, 6.45) is 4.16. The lowest BCUT2D eigenvalue weighted by atomic mass is 10.0. The molecule has 31 heavy (non-hydrogen) atoms. The zero-order chi connectivity index (χ0) is 22.0. The van der Waals surface area contributed by atoms with Gasteiger partial charge in [-0.3, -0.25) is 4.79 Å². The third-order valence-corrected chi connectivity index (χ3v) is 7.28. The molecule has 1 N–H and O–H groups in total. The van der Waals surface area contributed by atoms with Crippen LogP contribution in [0.3, 0.4) is 0 Å². The lowest BCUT2D eigenvalue weighted by Gasteiger charge is -2.35. The van der Waals surface area contributed by atoms with Crippen LogP contribution >= 0.6 is 11.3 Å². The van der Waals surface area contributed by atoms with Gasteiger partial charge < -0.3 is 15.1 Å². The first kappa shape index (κ1) is 21.7. The van der Waals surface area contributed by atoms with Gasteiger partial charge in [0.25, 0.3) is 0 Å². The van der Waals surface area contributed by atoms with Gasteiger partial charge in [-0.15, -0.1) is 11.3 Å². The van der Waals surface area contributed by atoms with Crippen molar-refractivity contribution >= 4 is 33.3 Å². The van der Waals surface area contributed by atoms with Crippen molar-refractivity contribution < 1.29 is 4.79 Å². The van der Waals surface area contributed by atoms with Gasteiger partial charge >= 0.3 is 0 Å². The number of nitrogens with one attached hydrogen (secondary N) is 1. The molecule has 0 spiro atoms. The summed E-state index contributed by atoms with van der Waals surface area (Å²) in [6, 6.07) is 8.92. The fourth-order valence-electron chi connectivity index (χ4n) is 4.30. The Balaban J connectivity index is 1.47. The Bertz CT molecular complexity index is 1050. The number of thiophene rings is 1. The van der Waals surface area contributed by atoms with Gasteiger partial charge in [0.2, 0.25) is 5.91 Å². The number of nitrogens with zero attached hydrogens (tertiary/aromatic N) is 4. The zero-order valence-electron chi connectivity index (χ0n) is 18.8. The van der Waals surface area contributed by atoms with Gasteiger partial charge in [0, 0.05) is 36.5 Å². The largest absolute Gasteiger partial charge is 0.369 e. The number of likely N-dealkylation sites (tertiary alicyclic amines) is 1. The molecular formula is C24H31N5OS. The Kier molecular flexibility index (Phi) is 6.53. The molecular weight excluding hydrogens is 406 g/mol. The quantitative estimate of drug-likeness (QED) is 0.622. The number of aryl methyl sites for hydroxylation is 2. The fourth-order valence-corrected chi connectivity index (χ4v) is 5.31. The monoisotopic (exact) mass is 437 g/mol. The first-order valence-electron chi connectivity index (χ1n) is 10.9. The van der Waals surface area contributed by atoms with Gasteiger partial charge in [0.05, 0.1) is 5.39 Å². The molecule has 6 nitrogen and oxygen atoms in total. The minimum Gasteiger partial charge on any atom is -0.369 e. The molecule has 1 amide bonds. The van der Waals surface area contributed by atoms with Crippen molar-refractivity contribution in [2.45, 2.75) is 39.2 Å². The zero-order valence-corrected chi connectivity index (χ0v) is 19.6. The molecule has 0 bridgehead atoms. The molecule has 0 aliphatic carbocycles. The molecule has 1 aromatic carbocycles. The van der Waals surface area contributed by atoms with Crippen molar-refractivity contribution in [2.24, 2.45) is 0 Å². The maximum Gasteiger partial charge on any atom is 0.224 e. The van der Waals surface area contributed by atoms with E-state index in [1.54, 1.807) is 17.7 Å². The summed E-state index contributed by atoms with van der Waals surface area (Å²) in [5.74, 6) is 0.993. The fraction of sp³-hybridized carbons (Fsp3) is 0.458. The van der Waals surface area contributed by atoms with Crippen LogP contribution in [0.5, 0.6) is 0 Å². The van der Waals surface area contributed by atoms with Gasteiger partial charge in [-0.25, -0.2) is 9.97 Å². The number of hydrogen-bond acceptors (Lipinski definition) is 6. The minimum atomic E-state index is 0.188. The van der Waals surface area contributed by atoms with Crippen molar-refractivity contribution in [2.75, 3.05) is 39.0 Å². The molecule has 0 atom stereocenters. The normalized spacial score (nSPS) is 15.4. The van der Waals surface area contributed by atoms with Crippen LogP contribution in [-0.4, -0.2) is 65.4 Å². The van der Waals surface area contributed by atoms with Gasteiger partial charge in [0.15, 0.2) is 0 Å². The van der Waals surface area contributed by atoms with Gasteiger partial charge in [-0.05, 0) is 52.4 Å². The number of carbonyl (C=O) groups is 1. The van der Waals surface area contributed by atoms with Crippen LogP contribution in [0.4, 0.5) is 5.82 Å². The highest BCUT2D eigenvalue weighted by Crippen LogP contribution is 2.40. The van der Waals surface area contributed by atoms with Crippen LogP contribution in [0.1, 0.15) is 29.7 Å². The van der Waals surface area contributed by atoms with Crippen LogP contribution in [0.25, 0.3) is 21.3 Å². The minimum absolute atomic E-state index is 0.188. The van der Waals surface area contributed by atoms with Crippen molar-refractivity contribution in [3.05, 3.63) is 41.0 Å². The van der Waals surface area contributed by atoms with E-state index in [2.05, 4.69) is 65.3 Å². The van der Waals surface area contributed by atoms with Gasteiger partial charge in [0.1, 0.15) is 17.0 Å². The summed E-state index contributed by atoms with van der Waals surface area (Å²) in [4.78, 5) is 28.2. The summed E-state index contributed by atoms with van der Waals surface area (Å²) < 4.78 is 0. The van der Waals surface area contributed by atoms with E-state index in [-0.39, 0.29) is 5.91 Å². The summed E-state index contributed by atoms with van der Waals surface area (Å²) in [5, 5.41) is 4.46. The predicted molar refractivity (Wildman–Crippen MR) is 129 cm³/mol. The molecule has 3 heterocycles. The standard InChI is InChI=1S/C24H31N5OS/c1-16-5-7-18(8-6-16)21-17(2)31-24-22(21)23(26-15-27-24)25-12-9-20(30)29(4)19-10-13-28(3)14-11-19/h5-8,15,19H,9-14H2,1-4H3,(H,25,26,27). The second-order valence-electron chi connectivity index (χ2n) is 8.52. The SMILES string of the molecule is Cc1ccc(-c2c(C)sc3ncnc(NCCC(=O)N(C)C4CCN(C)CC4)c23)cc1. The number of benzene rings is 1. The third-order valence-electron chi connectivity index (χ3n) is 6.27. The Labute approximate surface area is 188 Å². The van der Waals surface area contributed by atoms with Crippen LogP contribution in [0.2, 0.25) is 0 Å². The Morgan fingerprint density at radius 3 is 2.61 bits per heavy atom. The number of anilines is 1. The molecule has 0 radical (unpaired) electrons. The van der Waals surface area contributed by atoms with E-state index in [1.807, 2.05) is 11.9 Å². The first-order chi connectivity index (χ1) is 14.9. The van der Waals surface area contributed by atoms with E-state index < -0.39 is 0 Å². The molecule has 1 fully saturated rings. The highest BCUT2D eigenvalue weighted by atomic mass is 32.1.